The summed E-state index contributed by atoms with van der Waals surface area (Å²) in [5.74, 6) is 0.197. The van der Waals surface area contributed by atoms with Gasteiger partial charge in [0.2, 0.25) is 0 Å². The topological polar surface area (TPSA) is 118 Å². The molecule has 0 amide bonds. The van der Waals surface area contributed by atoms with Crippen LogP contribution in [0, 0.1) is 6.92 Å². The van der Waals surface area contributed by atoms with Crippen molar-refractivity contribution in [2.75, 3.05) is 13.7 Å². The van der Waals surface area contributed by atoms with Crippen molar-refractivity contribution in [3.8, 4) is 11.6 Å². The summed E-state index contributed by atoms with van der Waals surface area (Å²) >= 11 is 0. The van der Waals surface area contributed by atoms with Crippen LogP contribution in [-0.2, 0) is 27.2 Å². The fourth-order valence-corrected chi connectivity index (χ4v) is 3.11. The quantitative estimate of drug-likeness (QED) is 0.263. The van der Waals surface area contributed by atoms with E-state index in [1.807, 2.05) is 6.92 Å². The first-order valence-electron chi connectivity index (χ1n) is 10.3. The van der Waals surface area contributed by atoms with Gasteiger partial charge in [0.15, 0.2) is 0 Å². The Morgan fingerprint density at radius 2 is 1.84 bits per heavy atom. The molecule has 0 saturated heterocycles. The molecule has 0 saturated carbocycles. The Balaban J connectivity index is 1.79. The maximum Gasteiger partial charge on any atom is 0.336 e. The van der Waals surface area contributed by atoms with Gasteiger partial charge in [-0.05, 0) is 42.1 Å². The zero-order valence-corrected chi connectivity index (χ0v) is 18.3. The number of aromatic nitrogens is 1. The molecule has 170 valence electrons. The molecule has 0 aliphatic rings. The van der Waals surface area contributed by atoms with Crippen molar-refractivity contribution < 1.29 is 32.7 Å². The van der Waals surface area contributed by atoms with Gasteiger partial charge in [0.05, 0.1) is 20.1 Å². The maximum absolute atomic E-state index is 12.5. The van der Waals surface area contributed by atoms with E-state index >= 15 is 0 Å². The molecule has 9 nitrogen and oxygen atoms in total. The number of benzene rings is 1. The first kappa shape index (κ1) is 23.1. The van der Waals surface area contributed by atoms with Crippen molar-refractivity contribution in [2.24, 2.45) is 0 Å². The summed E-state index contributed by atoms with van der Waals surface area (Å²) in [6, 6.07) is 6.25. The fraction of sp³-hybridized carbons (Fsp3) is 0.391. The van der Waals surface area contributed by atoms with Gasteiger partial charge in [-0.25, -0.2) is 4.79 Å². The highest BCUT2D eigenvalue weighted by Gasteiger charge is 2.16. The van der Waals surface area contributed by atoms with Gasteiger partial charge in [0.1, 0.15) is 17.1 Å². The van der Waals surface area contributed by atoms with E-state index in [-0.39, 0.29) is 31.0 Å². The number of ether oxygens (including phenoxy) is 3. The van der Waals surface area contributed by atoms with Crippen molar-refractivity contribution in [2.45, 2.75) is 46.0 Å². The van der Waals surface area contributed by atoms with Crippen LogP contribution in [-0.4, -0.2) is 30.8 Å². The normalized spacial score (nSPS) is 10.8. The van der Waals surface area contributed by atoms with Crippen LogP contribution in [0.1, 0.15) is 43.1 Å². The van der Waals surface area contributed by atoms with Crippen LogP contribution in [0.2, 0.25) is 0 Å². The van der Waals surface area contributed by atoms with Gasteiger partial charge in [0.25, 0.3) is 5.88 Å². The van der Waals surface area contributed by atoms with Crippen LogP contribution in [0.25, 0.3) is 11.0 Å². The molecule has 1 aromatic carbocycles. The van der Waals surface area contributed by atoms with Crippen LogP contribution in [0.3, 0.4) is 0 Å². The molecule has 2 heterocycles. The highest BCUT2D eigenvalue weighted by Crippen LogP contribution is 2.29. The second kappa shape index (κ2) is 10.6. The molecule has 0 fully saturated rings. The molecule has 0 aliphatic heterocycles. The van der Waals surface area contributed by atoms with Crippen LogP contribution < -0.4 is 15.1 Å². The molecule has 32 heavy (non-hydrogen) atoms. The Kier molecular flexibility index (Phi) is 7.64. The Bertz CT molecular complexity index is 1160. The number of esters is 2. The Morgan fingerprint density at radius 1 is 1.06 bits per heavy atom. The lowest BCUT2D eigenvalue weighted by molar-refractivity contribution is -0.143. The molecule has 3 rings (SSSR count). The standard InChI is InChI=1S/C23H25NO8/c1-4-9-29-21(25)7-5-15-11-17-14(2)10-23(27)31-19(17)13-18(15)30-22(26)8-6-16-12-20(28-3)24-32-16/h10-13H,4-9H2,1-3H3. The fourth-order valence-electron chi connectivity index (χ4n) is 3.11. The van der Waals surface area contributed by atoms with Crippen molar-refractivity contribution in [1.82, 2.24) is 5.16 Å². The van der Waals surface area contributed by atoms with E-state index in [0.717, 1.165) is 12.0 Å². The molecule has 0 unspecified atom stereocenters. The van der Waals surface area contributed by atoms with Gasteiger partial charge in [-0.2, -0.15) is 0 Å². The molecule has 0 atom stereocenters. The van der Waals surface area contributed by atoms with Crippen LogP contribution in [0.15, 0.2) is 38.0 Å². The molecule has 0 bridgehead atoms. The van der Waals surface area contributed by atoms with Crippen LogP contribution >= 0.6 is 0 Å². The van der Waals surface area contributed by atoms with E-state index in [1.54, 1.807) is 19.1 Å². The van der Waals surface area contributed by atoms with Gasteiger partial charge >= 0.3 is 17.6 Å². The molecule has 9 heteroatoms. The summed E-state index contributed by atoms with van der Waals surface area (Å²) in [6.45, 7) is 4.06. The van der Waals surface area contributed by atoms with Crippen LogP contribution in [0.4, 0.5) is 0 Å². The number of hydrogen-bond donors (Lipinski definition) is 0. The second-order valence-electron chi connectivity index (χ2n) is 7.23. The summed E-state index contributed by atoms with van der Waals surface area (Å²) in [6.07, 6.45) is 1.48. The minimum Gasteiger partial charge on any atom is -0.479 e. The lowest BCUT2D eigenvalue weighted by Crippen LogP contribution is -2.12. The number of carbonyl (C=O) groups excluding carboxylic acids is 2. The third-order valence-corrected chi connectivity index (χ3v) is 4.74. The molecule has 3 aromatic rings. The minimum absolute atomic E-state index is 0.0339. The third-order valence-electron chi connectivity index (χ3n) is 4.74. The lowest BCUT2D eigenvalue weighted by atomic mass is 10.0. The molecule has 0 radical (unpaired) electrons. The van der Waals surface area contributed by atoms with E-state index in [2.05, 4.69) is 5.16 Å². The Labute approximate surface area is 184 Å². The summed E-state index contributed by atoms with van der Waals surface area (Å²) in [5, 5.41) is 4.39. The van der Waals surface area contributed by atoms with Crippen molar-refractivity contribution in [1.29, 1.82) is 0 Å². The minimum atomic E-state index is -0.510. The number of hydrogen-bond acceptors (Lipinski definition) is 9. The van der Waals surface area contributed by atoms with E-state index in [4.69, 9.17) is 23.2 Å². The van der Waals surface area contributed by atoms with E-state index in [1.165, 1.54) is 19.2 Å². The molecule has 0 aliphatic carbocycles. The number of carbonyl (C=O) groups is 2. The molecule has 0 N–H and O–H groups in total. The SMILES string of the molecule is CCCOC(=O)CCc1cc2c(C)cc(=O)oc2cc1OC(=O)CCc1cc(OC)no1. The summed E-state index contributed by atoms with van der Waals surface area (Å²) in [4.78, 5) is 36.2. The zero-order valence-electron chi connectivity index (χ0n) is 18.3. The van der Waals surface area contributed by atoms with E-state index in [0.29, 0.717) is 41.2 Å². The van der Waals surface area contributed by atoms with Gasteiger partial charge in [-0.15, -0.1) is 0 Å². The van der Waals surface area contributed by atoms with E-state index in [9.17, 15) is 14.4 Å². The molecular weight excluding hydrogens is 418 g/mol. The zero-order chi connectivity index (χ0) is 23.1. The first-order chi connectivity index (χ1) is 15.4. The highest BCUT2D eigenvalue weighted by atomic mass is 16.5. The third kappa shape index (κ3) is 5.96. The first-order valence-corrected chi connectivity index (χ1v) is 10.3. The maximum atomic E-state index is 12.5. The Morgan fingerprint density at radius 3 is 2.56 bits per heavy atom. The van der Waals surface area contributed by atoms with Gasteiger partial charge < -0.3 is 23.2 Å². The average Bonchev–Trinajstić information content (AvgIpc) is 3.23. The number of aryl methyl sites for hydroxylation is 3. The predicted octanol–water partition coefficient (Wildman–Crippen LogP) is 3.52. The predicted molar refractivity (Wildman–Crippen MR) is 114 cm³/mol. The molecule has 2 aromatic heterocycles. The monoisotopic (exact) mass is 443 g/mol. The lowest BCUT2D eigenvalue weighted by Gasteiger charge is -2.12. The molecular formula is C23H25NO8. The summed E-state index contributed by atoms with van der Waals surface area (Å²) in [7, 11) is 1.47. The smallest absolute Gasteiger partial charge is 0.336 e. The van der Waals surface area contributed by atoms with Gasteiger partial charge in [-0.1, -0.05) is 6.92 Å². The van der Waals surface area contributed by atoms with Crippen LogP contribution in [0.5, 0.6) is 11.6 Å². The summed E-state index contributed by atoms with van der Waals surface area (Å²) < 4.78 is 26.0. The van der Waals surface area contributed by atoms with Gasteiger partial charge in [-0.3, -0.25) is 9.59 Å². The Hall–Kier alpha value is -3.62. The van der Waals surface area contributed by atoms with Crippen molar-refractivity contribution >= 4 is 22.9 Å². The number of methoxy groups -OCH3 is 1. The van der Waals surface area contributed by atoms with Crippen molar-refractivity contribution in [3.63, 3.8) is 0 Å². The van der Waals surface area contributed by atoms with Gasteiger partial charge in [0, 0.05) is 36.4 Å². The number of fused-ring (bicyclic) bond motifs is 1. The average molecular weight is 443 g/mol. The number of nitrogens with zero attached hydrogens (tertiary/aromatic N) is 1. The molecule has 0 spiro atoms. The number of rotatable bonds is 10. The highest BCUT2D eigenvalue weighted by molar-refractivity contribution is 5.84. The second-order valence-corrected chi connectivity index (χ2v) is 7.23. The largest absolute Gasteiger partial charge is 0.479 e. The summed E-state index contributed by atoms with van der Waals surface area (Å²) in [5.41, 5.74) is 1.17. The van der Waals surface area contributed by atoms with Crippen molar-refractivity contribution in [3.05, 3.63) is 51.6 Å². The van der Waals surface area contributed by atoms with E-state index < -0.39 is 11.6 Å².